The molecule has 0 saturated carbocycles. The predicted molar refractivity (Wildman–Crippen MR) is 54.8 cm³/mol. The lowest BCUT2D eigenvalue weighted by molar-refractivity contribution is 0.192. The van der Waals surface area contributed by atoms with Crippen LogP contribution in [-0.2, 0) is 0 Å². The van der Waals surface area contributed by atoms with Crippen LogP contribution in [0.1, 0.15) is 25.5 Å². The molecule has 1 atom stereocenters. The minimum atomic E-state index is -0.551. The van der Waals surface area contributed by atoms with Crippen molar-refractivity contribution in [3.8, 4) is 11.5 Å². The van der Waals surface area contributed by atoms with Gasteiger partial charge in [0.15, 0.2) is 11.5 Å². The van der Waals surface area contributed by atoms with Crippen molar-refractivity contribution in [3.05, 3.63) is 23.8 Å². The summed E-state index contributed by atoms with van der Waals surface area (Å²) in [7, 11) is 1.57. The molecular formula is C11H16O3. The van der Waals surface area contributed by atoms with Crippen LogP contribution in [0.3, 0.4) is 0 Å². The molecule has 0 aliphatic rings. The van der Waals surface area contributed by atoms with Crippen LogP contribution in [0.25, 0.3) is 0 Å². The topological polar surface area (TPSA) is 38.7 Å². The number of methoxy groups -OCH3 is 1. The SMILES string of the molecule is CCOc1cccc(C(C)O)c1OC. The standard InChI is InChI=1S/C11H16O3/c1-4-14-10-7-5-6-9(8(2)12)11(10)13-3/h5-8,12H,4H2,1-3H3. The fourth-order valence-electron chi connectivity index (χ4n) is 1.35. The zero-order valence-corrected chi connectivity index (χ0v) is 8.78. The third-order valence-corrected chi connectivity index (χ3v) is 1.96. The van der Waals surface area contributed by atoms with Crippen molar-refractivity contribution >= 4 is 0 Å². The van der Waals surface area contributed by atoms with E-state index in [4.69, 9.17) is 9.47 Å². The van der Waals surface area contributed by atoms with Crippen molar-refractivity contribution in [2.24, 2.45) is 0 Å². The molecule has 0 amide bonds. The summed E-state index contributed by atoms with van der Waals surface area (Å²) < 4.78 is 10.6. The maximum Gasteiger partial charge on any atom is 0.166 e. The zero-order valence-electron chi connectivity index (χ0n) is 8.78. The lowest BCUT2D eigenvalue weighted by atomic mass is 10.1. The number of benzene rings is 1. The second-order valence-corrected chi connectivity index (χ2v) is 2.99. The Labute approximate surface area is 84.3 Å². The molecule has 78 valence electrons. The van der Waals surface area contributed by atoms with Gasteiger partial charge in [-0.1, -0.05) is 12.1 Å². The van der Waals surface area contributed by atoms with E-state index in [1.54, 1.807) is 14.0 Å². The Hall–Kier alpha value is -1.22. The van der Waals surface area contributed by atoms with Gasteiger partial charge in [-0.3, -0.25) is 0 Å². The van der Waals surface area contributed by atoms with Crippen LogP contribution < -0.4 is 9.47 Å². The molecule has 0 radical (unpaired) electrons. The summed E-state index contributed by atoms with van der Waals surface area (Å²) in [6.45, 7) is 4.20. The number of aliphatic hydroxyl groups is 1. The Balaban J connectivity index is 3.11. The molecule has 1 unspecified atom stereocenters. The molecule has 1 aromatic carbocycles. The smallest absolute Gasteiger partial charge is 0.166 e. The monoisotopic (exact) mass is 196 g/mol. The van der Waals surface area contributed by atoms with Crippen molar-refractivity contribution in [2.45, 2.75) is 20.0 Å². The molecule has 0 bridgehead atoms. The highest BCUT2D eigenvalue weighted by Crippen LogP contribution is 2.34. The van der Waals surface area contributed by atoms with Crippen molar-refractivity contribution in [2.75, 3.05) is 13.7 Å². The third kappa shape index (κ3) is 2.17. The molecule has 3 nitrogen and oxygen atoms in total. The average Bonchev–Trinajstić information content (AvgIpc) is 2.18. The fourth-order valence-corrected chi connectivity index (χ4v) is 1.35. The molecule has 3 heteroatoms. The van der Waals surface area contributed by atoms with Gasteiger partial charge in [0, 0.05) is 5.56 Å². The van der Waals surface area contributed by atoms with E-state index in [9.17, 15) is 5.11 Å². The Morgan fingerprint density at radius 2 is 2.14 bits per heavy atom. The molecule has 0 fully saturated rings. The average molecular weight is 196 g/mol. The number of hydrogen-bond acceptors (Lipinski definition) is 3. The summed E-state index contributed by atoms with van der Waals surface area (Å²) in [4.78, 5) is 0. The highest BCUT2D eigenvalue weighted by Gasteiger charge is 2.13. The van der Waals surface area contributed by atoms with E-state index < -0.39 is 6.10 Å². The third-order valence-electron chi connectivity index (χ3n) is 1.96. The van der Waals surface area contributed by atoms with Crippen LogP contribution in [0.5, 0.6) is 11.5 Å². The summed E-state index contributed by atoms with van der Waals surface area (Å²) >= 11 is 0. The van der Waals surface area contributed by atoms with Gasteiger partial charge in [0.05, 0.1) is 19.8 Å². The van der Waals surface area contributed by atoms with Gasteiger partial charge >= 0.3 is 0 Å². The maximum atomic E-state index is 9.49. The van der Waals surface area contributed by atoms with E-state index in [1.165, 1.54) is 0 Å². The van der Waals surface area contributed by atoms with Gasteiger partial charge < -0.3 is 14.6 Å². The number of aliphatic hydroxyl groups excluding tert-OH is 1. The Kier molecular flexibility index (Phi) is 3.77. The van der Waals surface area contributed by atoms with E-state index >= 15 is 0 Å². The van der Waals surface area contributed by atoms with Crippen LogP contribution in [0.15, 0.2) is 18.2 Å². The van der Waals surface area contributed by atoms with Gasteiger partial charge in [-0.2, -0.15) is 0 Å². The normalized spacial score (nSPS) is 12.3. The number of ether oxygens (including phenoxy) is 2. The Morgan fingerprint density at radius 3 is 2.64 bits per heavy atom. The van der Waals surface area contributed by atoms with Crippen molar-refractivity contribution < 1.29 is 14.6 Å². The first-order chi connectivity index (χ1) is 6.70. The molecule has 1 rings (SSSR count). The zero-order chi connectivity index (χ0) is 10.6. The molecule has 0 aromatic heterocycles. The summed E-state index contributed by atoms with van der Waals surface area (Å²) in [6.07, 6.45) is -0.551. The van der Waals surface area contributed by atoms with E-state index in [0.717, 1.165) is 5.56 Å². The first kappa shape index (κ1) is 10.9. The minimum Gasteiger partial charge on any atom is -0.492 e. The van der Waals surface area contributed by atoms with Gasteiger partial charge in [-0.15, -0.1) is 0 Å². The van der Waals surface area contributed by atoms with Crippen molar-refractivity contribution in [1.82, 2.24) is 0 Å². The molecule has 0 spiro atoms. The van der Waals surface area contributed by atoms with Gasteiger partial charge in [0.25, 0.3) is 0 Å². The maximum absolute atomic E-state index is 9.49. The quantitative estimate of drug-likeness (QED) is 0.801. The van der Waals surface area contributed by atoms with Gasteiger partial charge in [-0.25, -0.2) is 0 Å². The lowest BCUT2D eigenvalue weighted by Gasteiger charge is -2.14. The summed E-state index contributed by atoms with van der Waals surface area (Å²) in [5.41, 5.74) is 0.749. The predicted octanol–water partition coefficient (Wildman–Crippen LogP) is 2.15. The Morgan fingerprint density at radius 1 is 1.43 bits per heavy atom. The van der Waals surface area contributed by atoms with Gasteiger partial charge in [0.2, 0.25) is 0 Å². The second-order valence-electron chi connectivity index (χ2n) is 2.99. The molecule has 0 saturated heterocycles. The molecular weight excluding hydrogens is 180 g/mol. The second kappa shape index (κ2) is 4.86. The largest absolute Gasteiger partial charge is 0.492 e. The van der Waals surface area contributed by atoms with E-state index in [1.807, 2.05) is 25.1 Å². The Bertz CT molecular complexity index is 295. The first-order valence-electron chi connectivity index (χ1n) is 4.68. The summed E-state index contributed by atoms with van der Waals surface area (Å²) in [5.74, 6) is 1.29. The molecule has 0 aliphatic carbocycles. The number of hydrogen-bond donors (Lipinski definition) is 1. The van der Waals surface area contributed by atoms with Crippen LogP contribution in [0.2, 0.25) is 0 Å². The fraction of sp³-hybridized carbons (Fsp3) is 0.455. The van der Waals surface area contributed by atoms with Crippen LogP contribution in [-0.4, -0.2) is 18.8 Å². The highest BCUT2D eigenvalue weighted by molar-refractivity contribution is 5.47. The molecule has 1 N–H and O–H groups in total. The van der Waals surface area contributed by atoms with Crippen molar-refractivity contribution in [1.29, 1.82) is 0 Å². The van der Waals surface area contributed by atoms with Crippen LogP contribution in [0.4, 0.5) is 0 Å². The number of rotatable bonds is 4. The van der Waals surface area contributed by atoms with Crippen LogP contribution >= 0.6 is 0 Å². The van der Waals surface area contributed by atoms with E-state index in [2.05, 4.69) is 0 Å². The van der Waals surface area contributed by atoms with E-state index in [0.29, 0.717) is 18.1 Å². The van der Waals surface area contributed by atoms with E-state index in [-0.39, 0.29) is 0 Å². The van der Waals surface area contributed by atoms with Crippen molar-refractivity contribution in [3.63, 3.8) is 0 Å². The van der Waals surface area contributed by atoms with Crippen LogP contribution in [0, 0.1) is 0 Å². The number of para-hydroxylation sites is 1. The molecule has 14 heavy (non-hydrogen) atoms. The lowest BCUT2D eigenvalue weighted by Crippen LogP contribution is -2.00. The van der Waals surface area contributed by atoms with Gasteiger partial charge in [0.1, 0.15) is 0 Å². The molecule has 0 aliphatic heterocycles. The highest BCUT2D eigenvalue weighted by atomic mass is 16.5. The minimum absolute atomic E-state index is 0.551. The summed E-state index contributed by atoms with van der Waals surface area (Å²) in [6, 6.07) is 5.50. The summed E-state index contributed by atoms with van der Waals surface area (Å²) in [5, 5.41) is 9.49. The first-order valence-corrected chi connectivity index (χ1v) is 4.68. The molecule has 1 aromatic rings. The van der Waals surface area contributed by atoms with Gasteiger partial charge in [-0.05, 0) is 19.9 Å². The molecule has 0 heterocycles.